The zero-order valence-corrected chi connectivity index (χ0v) is 8.72. The first kappa shape index (κ1) is 10.4. The Hall–Kier alpha value is -1.14. The third-order valence-corrected chi connectivity index (χ3v) is 3.70. The molecule has 0 aliphatic heterocycles. The summed E-state index contributed by atoms with van der Waals surface area (Å²) in [5, 5.41) is 0. The minimum Gasteiger partial charge on any atom is -0.399 e. The van der Waals surface area contributed by atoms with Gasteiger partial charge in [-0.15, -0.1) is 0 Å². The molecule has 0 unspecified atom stereocenters. The molecule has 1 aliphatic rings. The minimum atomic E-state index is -3.73. The van der Waals surface area contributed by atoms with Crippen molar-refractivity contribution < 1.29 is 12.8 Å². The van der Waals surface area contributed by atoms with Gasteiger partial charge in [-0.3, -0.25) is 0 Å². The number of hydrogen-bond acceptors (Lipinski definition) is 3. The lowest BCUT2D eigenvalue weighted by molar-refractivity contribution is 0.557. The molecule has 0 spiro atoms. The number of hydrogen-bond donors (Lipinski definition) is 2. The van der Waals surface area contributed by atoms with Crippen molar-refractivity contribution >= 4 is 15.7 Å². The second kappa shape index (κ2) is 3.46. The molecule has 0 atom stereocenters. The smallest absolute Gasteiger partial charge is 0.243 e. The number of nitrogens with one attached hydrogen (secondary N) is 1. The highest BCUT2D eigenvalue weighted by Crippen LogP contribution is 2.23. The molecule has 0 saturated heterocycles. The Morgan fingerprint density at radius 3 is 2.60 bits per heavy atom. The summed E-state index contributed by atoms with van der Waals surface area (Å²) in [7, 11) is -3.73. The van der Waals surface area contributed by atoms with Crippen molar-refractivity contribution in [2.45, 2.75) is 23.8 Å². The van der Waals surface area contributed by atoms with Gasteiger partial charge in [-0.1, -0.05) is 0 Å². The van der Waals surface area contributed by atoms with Crippen molar-refractivity contribution in [2.24, 2.45) is 0 Å². The van der Waals surface area contributed by atoms with E-state index in [-0.39, 0.29) is 16.6 Å². The lowest BCUT2D eigenvalue weighted by Crippen LogP contribution is -2.26. The number of anilines is 1. The molecule has 15 heavy (non-hydrogen) atoms. The molecule has 0 bridgehead atoms. The maximum Gasteiger partial charge on any atom is 0.243 e. The molecule has 4 nitrogen and oxygen atoms in total. The average molecular weight is 230 g/mol. The standard InChI is InChI=1S/C9H11FN2O2S/c10-8-5-6(11)1-4-9(8)15(13,14)12-7-2-3-7/h1,4-5,7,12H,2-3,11H2. The number of rotatable bonds is 3. The third-order valence-electron chi connectivity index (χ3n) is 2.14. The molecule has 0 heterocycles. The molecule has 2 rings (SSSR count). The monoisotopic (exact) mass is 230 g/mol. The Balaban J connectivity index is 2.34. The summed E-state index contributed by atoms with van der Waals surface area (Å²) in [5.41, 5.74) is 5.54. The fourth-order valence-electron chi connectivity index (χ4n) is 1.22. The molecule has 1 aromatic rings. The van der Waals surface area contributed by atoms with Crippen LogP contribution in [0.4, 0.5) is 10.1 Å². The van der Waals surface area contributed by atoms with E-state index in [0.29, 0.717) is 0 Å². The summed E-state index contributed by atoms with van der Waals surface area (Å²) in [6, 6.07) is 3.51. The molecule has 0 radical (unpaired) electrons. The molecule has 3 N–H and O–H groups in total. The van der Waals surface area contributed by atoms with Crippen molar-refractivity contribution in [2.75, 3.05) is 5.73 Å². The number of nitrogen functional groups attached to an aromatic ring is 1. The van der Waals surface area contributed by atoms with E-state index in [1.54, 1.807) is 0 Å². The molecule has 82 valence electrons. The molecular weight excluding hydrogens is 219 g/mol. The number of benzene rings is 1. The van der Waals surface area contributed by atoms with Crippen LogP contribution in [0.2, 0.25) is 0 Å². The van der Waals surface area contributed by atoms with Crippen molar-refractivity contribution in [3.63, 3.8) is 0 Å². The van der Waals surface area contributed by atoms with E-state index in [0.717, 1.165) is 18.9 Å². The van der Waals surface area contributed by atoms with Crippen LogP contribution in [-0.4, -0.2) is 14.5 Å². The van der Waals surface area contributed by atoms with Gasteiger partial charge >= 0.3 is 0 Å². The Kier molecular flexibility index (Phi) is 2.40. The first-order valence-corrected chi connectivity index (χ1v) is 6.05. The van der Waals surface area contributed by atoms with Crippen LogP contribution in [0.3, 0.4) is 0 Å². The Morgan fingerprint density at radius 2 is 2.07 bits per heavy atom. The van der Waals surface area contributed by atoms with E-state index in [9.17, 15) is 12.8 Å². The molecule has 1 saturated carbocycles. The molecule has 0 amide bonds. The molecular formula is C9H11FN2O2S. The van der Waals surface area contributed by atoms with Gasteiger partial charge in [0.25, 0.3) is 0 Å². The van der Waals surface area contributed by atoms with Gasteiger partial charge in [-0.05, 0) is 31.0 Å². The highest BCUT2D eigenvalue weighted by atomic mass is 32.2. The van der Waals surface area contributed by atoms with Gasteiger partial charge in [-0.2, -0.15) is 0 Å². The average Bonchev–Trinajstić information content (AvgIpc) is 2.86. The lowest BCUT2D eigenvalue weighted by Gasteiger charge is -2.06. The predicted molar refractivity (Wildman–Crippen MR) is 54.2 cm³/mol. The van der Waals surface area contributed by atoms with E-state index in [4.69, 9.17) is 5.73 Å². The zero-order chi connectivity index (χ0) is 11.1. The maximum absolute atomic E-state index is 13.3. The van der Waals surface area contributed by atoms with Crippen LogP contribution >= 0.6 is 0 Å². The minimum absolute atomic E-state index is 0.0352. The molecule has 6 heteroatoms. The van der Waals surface area contributed by atoms with E-state index >= 15 is 0 Å². The number of nitrogens with two attached hydrogens (primary N) is 1. The van der Waals surface area contributed by atoms with Gasteiger partial charge in [0.1, 0.15) is 10.7 Å². The summed E-state index contributed by atoms with van der Waals surface area (Å²) in [5.74, 6) is -0.817. The van der Waals surface area contributed by atoms with Crippen molar-refractivity contribution in [1.29, 1.82) is 0 Å². The van der Waals surface area contributed by atoms with Gasteiger partial charge < -0.3 is 5.73 Å². The van der Waals surface area contributed by atoms with Crippen LogP contribution in [0.1, 0.15) is 12.8 Å². The van der Waals surface area contributed by atoms with Crippen LogP contribution in [-0.2, 0) is 10.0 Å². The predicted octanol–water partition coefficient (Wildman–Crippen LogP) is 0.849. The van der Waals surface area contributed by atoms with Gasteiger partial charge in [0.15, 0.2) is 0 Å². The van der Waals surface area contributed by atoms with Crippen molar-refractivity contribution in [1.82, 2.24) is 4.72 Å². The molecule has 1 aromatic carbocycles. The van der Waals surface area contributed by atoms with Gasteiger partial charge in [0.2, 0.25) is 10.0 Å². The summed E-state index contributed by atoms with van der Waals surface area (Å²) in [4.78, 5) is -0.344. The number of sulfonamides is 1. The molecule has 1 aliphatic carbocycles. The first-order valence-electron chi connectivity index (χ1n) is 4.56. The highest BCUT2D eigenvalue weighted by Gasteiger charge is 2.29. The SMILES string of the molecule is Nc1ccc(S(=O)(=O)NC2CC2)c(F)c1. The van der Waals surface area contributed by atoms with E-state index in [1.165, 1.54) is 12.1 Å². The summed E-state index contributed by atoms with van der Waals surface area (Å²) in [6.07, 6.45) is 1.63. The lowest BCUT2D eigenvalue weighted by atomic mass is 10.3. The topological polar surface area (TPSA) is 72.2 Å². The maximum atomic E-state index is 13.3. The van der Waals surface area contributed by atoms with Gasteiger partial charge in [-0.25, -0.2) is 17.5 Å². The molecule has 1 fully saturated rings. The molecule has 0 aromatic heterocycles. The summed E-state index contributed by atoms with van der Waals surface area (Å²) >= 11 is 0. The van der Waals surface area contributed by atoms with Crippen LogP contribution in [0.5, 0.6) is 0 Å². The van der Waals surface area contributed by atoms with Crippen LogP contribution in [0.25, 0.3) is 0 Å². The van der Waals surface area contributed by atoms with Crippen LogP contribution < -0.4 is 10.5 Å². The quantitative estimate of drug-likeness (QED) is 0.756. The Morgan fingerprint density at radius 1 is 1.40 bits per heavy atom. The van der Waals surface area contributed by atoms with Gasteiger partial charge in [0.05, 0.1) is 0 Å². The number of halogens is 1. The van der Waals surface area contributed by atoms with Crippen molar-refractivity contribution in [3.05, 3.63) is 24.0 Å². The van der Waals surface area contributed by atoms with E-state index < -0.39 is 15.8 Å². The zero-order valence-electron chi connectivity index (χ0n) is 7.90. The van der Waals surface area contributed by atoms with E-state index in [1.807, 2.05) is 0 Å². The second-order valence-electron chi connectivity index (χ2n) is 3.59. The van der Waals surface area contributed by atoms with Gasteiger partial charge in [0, 0.05) is 11.7 Å². The highest BCUT2D eigenvalue weighted by molar-refractivity contribution is 7.89. The normalized spacial score (nSPS) is 16.6. The third kappa shape index (κ3) is 2.27. The summed E-state index contributed by atoms with van der Waals surface area (Å²) in [6.45, 7) is 0. The Labute approximate surface area is 87.3 Å². The summed E-state index contributed by atoms with van der Waals surface area (Å²) < 4.78 is 39.0. The largest absolute Gasteiger partial charge is 0.399 e. The fraction of sp³-hybridized carbons (Fsp3) is 0.333. The van der Waals surface area contributed by atoms with Crippen LogP contribution in [0.15, 0.2) is 23.1 Å². The fourth-order valence-corrected chi connectivity index (χ4v) is 2.58. The van der Waals surface area contributed by atoms with E-state index in [2.05, 4.69) is 4.72 Å². The second-order valence-corrected chi connectivity index (χ2v) is 5.27. The van der Waals surface area contributed by atoms with Crippen molar-refractivity contribution in [3.8, 4) is 0 Å². The Bertz CT molecular complexity index is 483. The van der Waals surface area contributed by atoms with Crippen LogP contribution in [0, 0.1) is 5.82 Å². The first-order chi connectivity index (χ1) is 6.99.